The highest BCUT2D eigenvalue weighted by Gasteiger charge is 2.19. The van der Waals surface area contributed by atoms with Gasteiger partial charge in [-0.15, -0.1) is 0 Å². The van der Waals surface area contributed by atoms with E-state index in [1.807, 2.05) is 6.92 Å². The zero-order valence-corrected chi connectivity index (χ0v) is 16.3. The first kappa shape index (κ1) is 18.5. The number of esters is 1. The highest BCUT2D eigenvalue weighted by atomic mass is 79.9. The quantitative estimate of drug-likeness (QED) is 0.330. The van der Waals surface area contributed by atoms with Crippen LogP contribution in [-0.4, -0.2) is 12.1 Å². The van der Waals surface area contributed by atoms with E-state index in [1.54, 1.807) is 37.3 Å². The van der Waals surface area contributed by atoms with Crippen LogP contribution in [0, 0.1) is 6.92 Å². The van der Waals surface area contributed by atoms with Crippen molar-refractivity contribution in [1.82, 2.24) is 0 Å². The Kier molecular flexibility index (Phi) is 5.34. The minimum Gasteiger partial charge on any atom is -0.478 e. The third-order valence-electron chi connectivity index (χ3n) is 3.67. The summed E-state index contributed by atoms with van der Waals surface area (Å²) >= 11 is 9.21. The van der Waals surface area contributed by atoms with E-state index in [0.29, 0.717) is 20.8 Å². The van der Waals surface area contributed by atoms with E-state index in [4.69, 9.17) is 25.5 Å². The number of ether oxygens (including phenoxy) is 2. The van der Waals surface area contributed by atoms with Crippen molar-refractivity contribution in [2.75, 3.05) is 0 Å². The molecule has 26 heavy (non-hydrogen) atoms. The summed E-state index contributed by atoms with van der Waals surface area (Å²) in [5.41, 5.74) is 0.690. The molecule has 1 heterocycles. The number of halogens is 2. The number of carbonyl (C=O) groups excluding carboxylic acids is 1. The molecule has 0 fully saturated rings. The van der Waals surface area contributed by atoms with E-state index in [2.05, 4.69) is 15.9 Å². The number of rotatable bonds is 4. The predicted octanol–water partition coefficient (Wildman–Crippen LogP) is 4.89. The van der Waals surface area contributed by atoms with Crippen LogP contribution < -0.4 is 15.1 Å². The molecule has 1 atom stereocenters. The van der Waals surface area contributed by atoms with Crippen molar-refractivity contribution in [1.29, 1.82) is 0 Å². The van der Waals surface area contributed by atoms with Gasteiger partial charge >= 0.3 is 11.6 Å². The second-order valence-corrected chi connectivity index (χ2v) is 6.95. The van der Waals surface area contributed by atoms with Crippen molar-refractivity contribution in [3.05, 3.63) is 67.9 Å². The fraction of sp³-hybridized carbons (Fsp3) is 0.158. The molecule has 5 nitrogen and oxygen atoms in total. The van der Waals surface area contributed by atoms with Crippen molar-refractivity contribution >= 4 is 44.5 Å². The number of fused-ring (bicyclic) bond motifs is 1. The summed E-state index contributed by atoms with van der Waals surface area (Å²) in [5.74, 6) is 0.155. The fourth-order valence-electron chi connectivity index (χ4n) is 2.38. The van der Waals surface area contributed by atoms with Gasteiger partial charge in [0.2, 0.25) is 0 Å². The van der Waals surface area contributed by atoms with Gasteiger partial charge in [-0.1, -0.05) is 11.6 Å². The van der Waals surface area contributed by atoms with Crippen LogP contribution in [0.5, 0.6) is 11.5 Å². The van der Waals surface area contributed by atoms with Gasteiger partial charge < -0.3 is 13.9 Å². The van der Waals surface area contributed by atoms with E-state index in [0.717, 1.165) is 10.9 Å². The Labute approximate surface area is 162 Å². The van der Waals surface area contributed by atoms with E-state index in [1.165, 1.54) is 12.1 Å². The van der Waals surface area contributed by atoms with E-state index >= 15 is 0 Å². The zero-order valence-electron chi connectivity index (χ0n) is 13.9. The molecule has 0 aliphatic carbocycles. The van der Waals surface area contributed by atoms with Crippen LogP contribution in [0.2, 0.25) is 5.02 Å². The molecule has 1 aromatic heterocycles. The monoisotopic (exact) mass is 436 g/mol. The molecule has 134 valence electrons. The van der Waals surface area contributed by atoms with Crippen LogP contribution in [0.15, 0.2) is 56.1 Å². The topological polar surface area (TPSA) is 65.7 Å². The van der Waals surface area contributed by atoms with Gasteiger partial charge in [0.05, 0.1) is 4.47 Å². The minimum absolute atomic E-state index is 0.266. The molecule has 3 rings (SSSR count). The largest absolute Gasteiger partial charge is 0.478 e. The van der Waals surface area contributed by atoms with Crippen LogP contribution in [0.25, 0.3) is 11.0 Å². The van der Waals surface area contributed by atoms with Crippen molar-refractivity contribution in [2.24, 2.45) is 0 Å². The Morgan fingerprint density at radius 2 is 1.96 bits per heavy atom. The number of benzene rings is 2. The highest BCUT2D eigenvalue weighted by Crippen LogP contribution is 2.29. The lowest BCUT2D eigenvalue weighted by atomic mass is 10.1. The Morgan fingerprint density at radius 1 is 1.19 bits per heavy atom. The molecule has 0 aliphatic heterocycles. The van der Waals surface area contributed by atoms with E-state index in [-0.39, 0.29) is 5.75 Å². The molecule has 3 aromatic rings. The molecular weight excluding hydrogens is 424 g/mol. The molecule has 0 spiro atoms. The number of carbonyl (C=O) groups is 1. The van der Waals surface area contributed by atoms with Gasteiger partial charge in [0, 0.05) is 22.5 Å². The molecule has 7 heteroatoms. The molecule has 0 bridgehead atoms. The van der Waals surface area contributed by atoms with Crippen LogP contribution in [-0.2, 0) is 4.79 Å². The molecule has 0 amide bonds. The summed E-state index contributed by atoms with van der Waals surface area (Å²) in [4.78, 5) is 23.8. The van der Waals surface area contributed by atoms with Gasteiger partial charge in [-0.3, -0.25) is 0 Å². The molecule has 0 aliphatic rings. The van der Waals surface area contributed by atoms with Crippen molar-refractivity contribution in [3.63, 3.8) is 0 Å². The van der Waals surface area contributed by atoms with Gasteiger partial charge in [0.15, 0.2) is 6.10 Å². The van der Waals surface area contributed by atoms with Gasteiger partial charge in [-0.2, -0.15) is 0 Å². The fourth-order valence-corrected chi connectivity index (χ4v) is 3.15. The summed E-state index contributed by atoms with van der Waals surface area (Å²) in [7, 11) is 0. The molecule has 0 radical (unpaired) electrons. The van der Waals surface area contributed by atoms with Crippen LogP contribution in [0.1, 0.15) is 12.5 Å². The Bertz CT molecular complexity index is 1040. The van der Waals surface area contributed by atoms with Gasteiger partial charge in [-0.05, 0) is 65.7 Å². The Balaban J connectivity index is 1.76. The highest BCUT2D eigenvalue weighted by molar-refractivity contribution is 9.10. The standard InChI is InChI=1S/C19H14BrClO5/c1-10-7-18(22)26-17-9-13(4-5-14(10)17)25-19(23)11(2)24-16-6-3-12(21)8-15(16)20/h3-9,11H,1-2H3. The predicted molar refractivity (Wildman–Crippen MR) is 102 cm³/mol. The van der Waals surface area contributed by atoms with Crippen LogP contribution in [0.4, 0.5) is 0 Å². The first-order chi connectivity index (χ1) is 12.3. The zero-order chi connectivity index (χ0) is 18.8. The smallest absolute Gasteiger partial charge is 0.352 e. The Morgan fingerprint density at radius 3 is 2.69 bits per heavy atom. The average molecular weight is 438 g/mol. The van der Waals surface area contributed by atoms with Gasteiger partial charge in [0.1, 0.15) is 17.1 Å². The van der Waals surface area contributed by atoms with E-state index < -0.39 is 17.7 Å². The van der Waals surface area contributed by atoms with Crippen LogP contribution in [0.3, 0.4) is 0 Å². The lowest BCUT2D eigenvalue weighted by molar-refractivity contribution is -0.141. The molecule has 2 aromatic carbocycles. The first-order valence-corrected chi connectivity index (χ1v) is 8.88. The normalized spacial score (nSPS) is 12.0. The van der Waals surface area contributed by atoms with Crippen molar-refractivity contribution in [2.45, 2.75) is 20.0 Å². The van der Waals surface area contributed by atoms with Crippen molar-refractivity contribution < 1.29 is 18.7 Å². The van der Waals surface area contributed by atoms with E-state index in [9.17, 15) is 9.59 Å². The minimum atomic E-state index is -0.854. The number of hydrogen-bond donors (Lipinski definition) is 0. The van der Waals surface area contributed by atoms with Crippen LogP contribution >= 0.6 is 27.5 Å². The number of aryl methyl sites for hydroxylation is 1. The second-order valence-electron chi connectivity index (χ2n) is 5.66. The van der Waals surface area contributed by atoms with Gasteiger partial charge in [-0.25, -0.2) is 9.59 Å². The van der Waals surface area contributed by atoms with Gasteiger partial charge in [0.25, 0.3) is 0 Å². The second kappa shape index (κ2) is 7.51. The lowest BCUT2D eigenvalue weighted by Crippen LogP contribution is -2.28. The first-order valence-electron chi connectivity index (χ1n) is 7.71. The lowest BCUT2D eigenvalue weighted by Gasteiger charge is -2.15. The SMILES string of the molecule is Cc1cc(=O)oc2cc(OC(=O)C(C)Oc3ccc(Cl)cc3Br)ccc12. The summed E-state index contributed by atoms with van der Waals surface area (Å²) in [6.45, 7) is 3.39. The third kappa shape index (κ3) is 4.08. The average Bonchev–Trinajstić information content (AvgIpc) is 2.56. The maximum absolute atomic E-state index is 12.3. The maximum atomic E-state index is 12.3. The summed E-state index contributed by atoms with van der Waals surface area (Å²) < 4.78 is 16.7. The molecule has 0 saturated heterocycles. The maximum Gasteiger partial charge on any atom is 0.352 e. The molecule has 0 saturated carbocycles. The number of hydrogen-bond acceptors (Lipinski definition) is 5. The Hall–Kier alpha value is -2.31. The molecule has 1 unspecified atom stereocenters. The summed E-state index contributed by atoms with van der Waals surface area (Å²) in [6.07, 6.45) is -0.854. The molecule has 0 N–H and O–H groups in total. The molecular formula is C19H14BrClO5. The third-order valence-corrected chi connectivity index (χ3v) is 4.53. The van der Waals surface area contributed by atoms with Crippen molar-refractivity contribution in [3.8, 4) is 11.5 Å². The summed E-state index contributed by atoms with van der Waals surface area (Å²) in [5, 5.41) is 1.33. The summed E-state index contributed by atoms with van der Waals surface area (Å²) in [6, 6.07) is 11.3.